The Morgan fingerprint density at radius 3 is 2.56 bits per heavy atom. The molecule has 2 aromatic rings. The number of anilines is 1. The zero-order valence-electron chi connectivity index (χ0n) is 10.1. The van der Waals surface area contributed by atoms with Crippen LogP contribution in [0.25, 0.3) is 0 Å². The van der Waals surface area contributed by atoms with Crippen molar-refractivity contribution in [2.24, 2.45) is 0 Å². The van der Waals surface area contributed by atoms with E-state index in [4.69, 9.17) is 5.26 Å². The van der Waals surface area contributed by atoms with Crippen LogP contribution in [-0.2, 0) is 6.54 Å². The van der Waals surface area contributed by atoms with E-state index in [1.54, 1.807) is 18.6 Å². The normalized spacial score (nSPS) is 9.78. The highest BCUT2D eigenvalue weighted by atomic mass is 15.2. The average molecular weight is 239 g/mol. The molecule has 18 heavy (non-hydrogen) atoms. The third-order valence-electron chi connectivity index (χ3n) is 2.58. The summed E-state index contributed by atoms with van der Waals surface area (Å²) in [6.07, 6.45) is 6.66. The van der Waals surface area contributed by atoms with Crippen LogP contribution in [0.3, 0.4) is 0 Å². The van der Waals surface area contributed by atoms with Crippen LogP contribution in [0, 0.1) is 11.3 Å². The minimum absolute atomic E-state index is 0.332. The van der Waals surface area contributed by atoms with E-state index in [1.165, 1.54) is 6.20 Å². The molecule has 0 unspecified atom stereocenters. The molecule has 0 saturated heterocycles. The van der Waals surface area contributed by atoms with Crippen molar-refractivity contribution in [3.05, 3.63) is 48.2 Å². The highest BCUT2D eigenvalue weighted by Gasteiger charge is 2.07. The van der Waals surface area contributed by atoms with Gasteiger partial charge in [0.25, 0.3) is 0 Å². The zero-order chi connectivity index (χ0) is 12.8. The minimum atomic E-state index is 0.332. The lowest BCUT2D eigenvalue weighted by molar-refractivity contribution is 0.807. The molecule has 2 rings (SSSR count). The Balaban J connectivity index is 2.15. The zero-order valence-corrected chi connectivity index (χ0v) is 10.1. The third kappa shape index (κ3) is 2.80. The number of nitrogens with zero attached hydrogens (tertiary/aromatic N) is 5. The summed E-state index contributed by atoms with van der Waals surface area (Å²) < 4.78 is 0. The Labute approximate surface area is 106 Å². The van der Waals surface area contributed by atoms with Crippen molar-refractivity contribution in [3.8, 4) is 6.07 Å². The predicted octanol–water partition coefficient (Wildman–Crippen LogP) is 1.77. The maximum Gasteiger partial charge on any atom is 0.158 e. The maximum absolute atomic E-state index is 8.69. The van der Waals surface area contributed by atoms with Crippen molar-refractivity contribution in [1.29, 1.82) is 5.26 Å². The van der Waals surface area contributed by atoms with Gasteiger partial charge >= 0.3 is 0 Å². The highest BCUT2D eigenvalue weighted by molar-refractivity contribution is 5.38. The molecule has 0 bridgehead atoms. The van der Waals surface area contributed by atoms with Gasteiger partial charge in [-0.3, -0.25) is 4.98 Å². The van der Waals surface area contributed by atoms with Crippen LogP contribution in [0.2, 0.25) is 0 Å². The third-order valence-corrected chi connectivity index (χ3v) is 2.58. The van der Waals surface area contributed by atoms with E-state index in [1.807, 2.05) is 18.2 Å². The second-order valence-corrected chi connectivity index (χ2v) is 3.74. The van der Waals surface area contributed by atoms with Gasteiger partial charge in [0.1, 0.15) is 11.9 Å². The van der Waals surface area contributed by atoms with E-state index in [0.29, 0.717) is 5.69 Å². The molecular formula is C13H13N5. The monoisotopic (exact) mass is 239 g/mol. The number of nitriles is 1. The molecule has 0 aliphatic heterocycles. The first-order valence-electron chi connectivity index (χ1n) is 5.69. The van der Waals surface area contributed by atoms with Crippen molar-refractivity contribution in [3.63, 3.8) is 0 Å². The molecule has 5 nitrogen and oxygen atoms in total. The van der Waals surface area contributed by atoms with Gasteiger partial charge < -0.3 is 4.90 Å². The molecule has 2 heterocycles. The second-order valence-electron chi connectivity index (χ2n) is 3.74. The lowest BCUT2D eigenvalue weighted by atomic mass is 10.2. The van der Waals surface area contributed by atoms with Crippen molar-refractivity contribution in [2.75, 3.05) is 11.4 Å². The Bertz CT molecular complexity index is 530. The number of hydrogen-bond donors (Lipinski definition) is 0. The van der Waals surface area contributed by atoms with Gasteiger partial charge in [0.05, 0.1) is 12.4 Å². The average Bonchev–Trinajstić information content (AvgIpc) is 2.46. The van der Waals surface area contributed by atoms with Crippen LogP contribution in [0.1, 0.15) is 18.2 Å². The number of hydrogen-bond acceptors (Lipinski definition) is 5. The molecular weight excluding hydrogens is 226 g/mol. The quantitative estimate of drug-likeness (QED) is 0.813. The van der Waals surface area contributed by atoms with E-state index < -0.39 is 0 Å². The van der Waals surface area contributed by atoms with Gasteiger partial charge in [0.2, 0.25) is 0 Å². The van der Waals surface area contributed by atoms with Crippen molar-refractivity contribution in [2.45, 2.75) is 13.5 Å². The van der Waals surface area contributed by atoms with Crippen LogP contribution in [0.4, 0.5) is 5.82 Å². The predicted molar refractivity (Wildman–Crippen MR) is 67.7 cm³/mol. The van der Waals surface area contributed by atoms with E-state index in [2.05, 4.69) is 26.8 Å². The van der Waals surface area contributed by atoms with Gasteiger partial charge in [-0.1, -0.05) is 0 Å². The van der Waals surface area contributed by atoms with Crippen LogP contribution in [0.15, 0.2) is 36.9 Å². The maximum atomic E-state index is 8.69. The summed E-state index contributed by atoms with van der Waals surface area (Å²) in [5, 5.41) is 8.69. The SMILES string of the molecule is CCN(Cc1ccncc1)c1cnc(C#N)cn1. The first-order valence-corrected chi connectivity index (χ1v) is 5.69. The standard InChI is InChI=1S/C13H13N5/c1-2-18(10-11-3-5-15-6-4-11)13-9-16-12(7-14)8-17-13/h3-6,8-9H,2,10H2,1H3. The molecule has 0 fully saturated rings. The molecule has 0 aromatic carbocycles. The lowest BCUT2D eigenvalue weighted by Gasteiger charge is -2.21. The summed E-state index contributed by atoms with van der Waals surface area (Å²) in [6, 6.07) is 5.90. The molecule has 5 heteroatoms. The molecule has 0 atom stereocenters. The molecule has 0 saturated carbocycles. The Hall–Kier alpha value is -2.48. The summed E-state index contributed by atoms with van der Waals surface area (Å²) in [5.41, 5.74) is 1.50. The number of aromatic nitrogens is 3. The molecule has 90 valence electrons. The van der Waals surface area contributed by atoms with Crippen molar-refractivity contribution < 1.29 is 0 Å². The van der Waals surface area contributed by atoms with Crippen LogP contribution in [0.5, 0.6) is 0 Å². The van der Waals surface area contributed by atoms with Crippen LogP contribution >= 0.6 is 0 Å². The van der Waals surface area contributed by atoms with Gasteiger partial charge in [-0.25, -0.2) is 9.97 Å². The van der Waals surface area contributed by atoms with Crippen LogP contribution in [-0.4, -0.2) is 21.5 Å². The van der Waals surface area contributed by atoms with Gasteiger partial charge in [-0.2, -0.15) is 5.26 Å². The molecule has 0 radical (unpaired) electrons. The summed E-state index contributed by atoms with van der Waals surface area (Å²) in [4.78, 5) is 14.4. The molecule has 0 aliphatic rings. The Kier molecular flexibility index (Phi) is 3.82. The van der Waals surface area contributed by atoms with Crippen molar-refractivity contribution >= 4 is 5.82 Å². The van der Waals surface area contributed by atoms with E-state index in [-0.39, 0.29) is 0 Å². The topological polar surface area (TPSA) is 65.7 Å². The van der Waals surface area contributed by atoms with E-state index in [9.17, 15) is 0 Å². The number of rotatable bonds is 4. The molecule has 0 N–H and O–H groups in total. The van der Waals surface area contributed by atoms with E-state index >= 15 is 0 Å². The summed E-state index contributed by atoms with van der Waals surface area (Å²) >= 11 is 0. The fourth-order valence-corrected chi connectivity index (χ4v) is 1.61. The molecule has 0 spiro atoms. The Morgan fingerprint density at radius 2 is 2.00 bits per heavy atom. The first kappa shape index (κ1) is 12.0. The summed E-state index contributed by atoms with van der Waals surface area (Å²) in [6.45, 7) is 3.63. The first-order chi connectivity index (χ1) is 8.83. The minimum Gasteiger partial charge on any atom is -0.351 e. The summed E-state index contributed by atoms with van der Waals surface area (Å²) in [5.74, 6) is 0.772. The highest BCUT2D eigenvalue weighted by Crippen LogP contribution is 2.12. The molecule has 0 amide bonds. The molecule has 2 aromatic heterocycles. The smallest absolute Gasteiger partial charge is 0.158 e. The van der Waals surface area contributed by atoms with E-state index in [0.717, 1.165) is 24.5 Å². The van der Waals surface area contributed by atoms with Gasteiger partial charge in [-0.05, 0) is 24.6 Å². The van der Waals surface area contributed by atoms with Gasteiger partial charge in [0.15, 0.2) is 5.69 Å². The van der Waals surface area contributed by atoms with Crippen LogP contribution < -0.4 is 4.90 Å². The fourth-order valence-electron chi connectivity index (χ4n) is 1.61. The lowest BCUT2D eigenvalue weighted by Crippen LogP contribution is -2.23. The Morgan fingerprint density at radius 1 is 1.22 bits per heavy atom. The number of pyridine rings is 1. The van der Waals surface area contributed by atoms with Gasteiger partial charge in [-0.15, -0.1) is 0 Å². The second kappa shape index (κ2) is 5.73. The largest absolute Gasteiger partial charge is 0.351 e. The van der Waals surface area contributed by atoms with Gasteiger partial charge in [0, 0.05) is 25.5 Å². The molecule has 0 aliphatic carbocycles. The summed E-state index contributed by atoms with van der Waals surface area (Å²) in [7, 11) is 0. The van der Waals surface area contributed by atoms with Crippen molar-refractivity contribution in [1.82, 2.24) is 15.0 Å². The fraction of sp³-hybridized carbons (Fsp3) is 0.231.